The number of benzene rings is 1. The summed E-state index contributed by atoms with van der Waals surface area (Å²) >= 11 is 0. The minimum atomic E-state index is -5.08. The molecule has 22 heavy (non-hydrogen) atoms. The number of amidine groups is 1. The van der Waals surface area contributed by atoms with Gasteiger partial charge in [0.2, 0.25) is 0 Å². The van der Waals surface area contributed by atoms with Crippen molar-refractivity contribution < 1.29 is 27.9 Å². The maximum atomic E-state index is 10.6. The Hall–Kier alpha value is -2.58. The zero-order valence-corrected chi connectivity index (χ0v) is 12.0. The van der Waals surface area contributed by atoms with Gasteiger partial charge in [-0.15, -0.1) is 0 Å². The number of hydrogen-bond acceptors (Lipinski definition) is 4. The van der Waals surface area contributed by atoms with E-state index in [0.717, 1.165) is 5.56 Å². The first-order valence-corrected chi connectivity index (χ1v) is 5.90. The summed E-state index contributed by atoms with van der Waals surface area (Å²) in [6.45, 7) is 0.429. The maximum absolute atomic E-state index is 10.6. The second-order valence-corrected chi connectivity index (χ2v) is 4.08. The van der Waals surface area contributed by atoms with Gasteiger partial charge >= 0.3 is 12.1 Å². The van der Waals surface area contributed by atoms with Crippen molar-refractivity contribution >= 4 is 18.0 Å². The fraction of sp³-hybridized carbons (Fsp3) is 0.308. The standard InChI is InChI=1S/C11H15N3O.C2HF3O2/c1-14(2)11(12)8-13-15-9-10-6-4-3-5-7-10;3-2(4,5)1(6)7/h3-8,12H,9H2,1-2H3;(H,6,7)/b12-11?,13-8+;. The predicted octanol–water partition coefficient (Wildman–Crippen LogP) is 2.36. The van der Waals surface area contributed by atoms with Crippen LogP contribution in [-0.4, -0.2) is 48.3 Å². The highest BCUT2D eigenvalue weighted by Gasteiger charge is 2.38. The Kier molecular flexibility index (Phi) is 8.27. The number of oxime groups is 1. The zero-order chi connectivity index (χ0) is 17.2. The van der Waals surface area contributed by atoms with Crippen LogP contribution in [-0.2, 0) is 16.2 Å². The summed E-state index contributed by atoms with van der Waals surface area (Å²) in [5.74, 6) is -2.45. The van der Waals surface area contributed by atoms with Crippen LogP contribution in [0.5, 0.6) is 0 Å². The molecule has 0 fully saturated rings. The summed E-state index contributed by atoms with van der Waals surface area (Å²) in [6.07, 6.45) is -3.71. The summed E-state index contributed by atoms with van der Waals surface area (Å²) in [6, 6.07) is 9.78. The van der Waals surface area contributed by atoms with Crippen LogP contribution in [0.2, 0.25) is 0 Å². The Morgan fingerprint density at radius 2 is 1.86 bits per heavy atom. The number of rotatable bonds is 4. The molecule has 0 amide bonds. The number of nitrogens with one attached hydrogen (secondary N) is 1. The first-order valence-electron chi connectivity index (χ1n) is 5.90. The lowest BCUT2D eigenvalue weighted by atomic mass is 10.2. The molecule has 0 aromatic heterocycles. The average Bonchev–Trinajstić information content (AvgIpc) is 2.44. The van der Waals surface area contributed by atoms with Gasteiger partial charge in [-0.05, 0) is 5.56 Å². The molecule has 122 valence electrons. The van der Waals surface area contributed by atoms with Crippen LogP contribution >= 0.6 is 0 Å². The van der Waals surface area contributed by atoms with Crippen LogP contribution in [0.15, 0.2) is 35.5 Å². The smallest absolute Gasteiger partial charge is 0.475 e. The minimum absolute atomic E-state index is 0.308. The molecule has 0 aliphatic rings. The van der Waals surface area contributed by atoms with Crippen molar-refractivity contribution in [2.45, 2.75) is 12.8 Å². The molecular formula is C13H16F3N3O3. The summed E-state index contributed by atoms with van der Waals surface area (Å²) in [7, 11) is 3.57. The van der Waals surface area contributed by atoms with Crippen LogP contribution in [0.25, 0.3) is 0 Å². The highest BCUT2D eigenvalue weighted by molar-refractivity contribution is 6.27. The van der Waals surface area contributed by atoms with Crippen molar-refractivity contribution in [3.63, 3.8) is 0 Å². The summed E-state index contributed by atoms with van der Waals surface area (Å²) < 4.78 is 31.7. The molecule has 0 saturated carbocycles. The molecule has 0 bridgehead atoms. The van der Waals surface area contributed by atoms with Crippen molar-refractivity contribution in [3.8, 4) is 0 Å². The molecule has 2 N–H and O–H groups in total. The van der Waals surface area contributed by atoms with Crippen LogP contribution in [0.4, 0.5) is 13.2 Å². The lowest BCUT2D eigenvalue weighted by Crippen LogP contribution is -2.21. The Morgan fingerprint density at radius 1 is 1.36 bits per heavy atom. The van der Waals surface area contributed by atoms with E-state index in [9.17, 15) is 13.2 Å². The number of carboxylic acids is 1. The van der Waals surface area contributed by atoms with Crippen molar-refractivity contribution in [3.05, 3.63) is 35.9 Å². The molecule has 0 radical (unpaired) electrons. The van der Waals surface area contributed by atoms with Crippen LogP contribution in [0, 0.1) is 5.41 Å². The average molecular weight is 319 g/mol. The first-order chi connectivity index (χ1) is 10.1. The summed E-state index contributed by atoms with van der Waals surface area (Å²) in [5.41, 5.74) is 1.06. The van der Waals surface area contributed by atoms with Gasteiger partial charge in [0, 0.05) is 14.1 Å². The van der Waals surface area contributed by atoms with Crippen LogP contribution < -0.4 is 0 Å². The van der Waals surface area contributed by atoms with Gasteiger partial charge in [0.25, 0.3) is 0 Å². The lowest BCUT2D eigenvalue weighted by molar-refractivity contribution is -0.192. The molecule has 0 aliphatic carbocycles. The lowest BCUT2D eigenvalue weighted by Gasteiger charge is -2.07. The number of nitrogens with zero attached hydrogens (tertiary/aromatic N) is 2. The van der Waals surface area contributed by atoms with E-state index in [2.05, 4.69) is 5.16 Å². The quantitative estimate of drug-likeness (QED) is 0.507. The van der Waals surface area contributed by atoms with Crippen molar-refractivity contribution in [2.75, 3.05) is 14.1 Å². The molecule has 0 spiro atoms. The number of carboxylic acid groups (broad SMARTS) is 1. The highest BCUT2D eigenvalue weighted by atomic mass is 19.4. The van der Waals surface area contributed by atoms with E-state index in [4.69, 9.17) is 20.1 Å². The van der Waals surface area contributed by atoms with E-state index in [0.29, 0.717) is 12.4 Å². The van der Waals surface area contributed by atoms with Gasteiger partial charge in [0.15, 0.2) is 0 Å². The fourth-order valence-corrected chi connectivity index (χ4v) is 0.889. The van der Waals surface area contributed by atoms with E-state index >= 15 is 0 Å². The number of halogens is 3. The van der Waals surface area contributed by atoms with E-state index in [1.165, 1.54) is 6.21 Å². The maximum Gasteiger partial charge on any atom is 0.490 e. The van der Waals surface area contributed by atoms with E-state index in [1.807, 2.05) is 30.3 Å². The Balaban J connectivity index is 0.000000534. The van der Waals surface area contributed by atoms with E-state index < -0.39 is 12.1 Å². The van der Waals surface area contributed by atoms with Crippen molar-refractivity contribution in [2.24, 2.45) is 5.16 Å². The summed E-state index contributed by atoms with van der Waals surface area (Å²) in [4.78, 5) is 15.6. The second-order valence-electron chi connectivity index (χ2n) is 4.08. The Labute approximate surface area is 125 Å². The van der Waals surface area contributed by atoms with E-state index in [-0.39, 0.29) is 0 Å². The number of carbonyl (C=O) groups is 1. The second kappa shape index (κ2) is 9.37. The third kappa shape index (κ3) is 9.34. The molecule has 0 atom stereocenters. The number of aliphatic carboxylic acids is 1. The molecule has 0 heterocycles. The number of hydrogen-bond donors (Lipinski definition) is 2. The van der Waals surface area contributed by atoms with Crippen LogP contribution in [0.1, 0.15) is 5.56 Å². The third-order valence-electron chi connectivity index (χ3n) is 2.05. The first kappa shape index (κ1) is 19.4. The van der Waals surface area contributed by atoms with Crippen LogP contribution in [0.3, 0.4) is 0 Å². The zero-order valence-electron chi connectivity index (χ0n) is 12.0. The molecule has 0 unspecified atom stereocenters. The van der Waals surface area contributed by atoms with Gasteiger partial charge in [0.1, 0.15) is 18.7 Å². The third-order valence-corrected chi connectivity index (χ3v) is 2.05. The van der Waals surface area contributed by atoms with E-state index in [1.54, 1.807) is 19.0 Å². The molecule has 9 heteroatoms. The molecule has 1 rings (SSSR count). The topological polar surface area (TPSA) is 86.0 Å². The van der Waals surface area contributed by atoms with Gasteiger partial charge in [-0.1, -0.05) is 35.5 Å². The minimum Gasteiger partial charge on any atom is -0.475 e. The van der Waals surface area contributed by atoms with Crippen molar-refractivity contribution in [1.82, 2.24) is 4.90 Å². The normalized spacial score (nSPS) is 10.6. The molecule has 1 aromatic carbocycles. The Morgan fingerprint density at radius 3 is 2.27 bits per heavy atom. The Bertz CT molecular complexity index is 502. The SMILES string of the molecule is CN(C)C(=N)/C=N/OCc1ccccc1.O=C(O)C(F)(F)F. The highest BCUT2D eigenvalue weighted by Crippen LogP contribution is 2.13. The molecule has 0 saturated heterocycles. The van der Waals surface area contributed by atoms with Gasteiger partial charge in [0.05, 0.1) is 0 Å². The predicted molar refractivity (Wildman–Crippen MR) is 74.8 cm³/mol. The summed E-state index contributed by atoms with van der Waals surface area (Å²) in [5, 5.41) is 18.2. The molecule has 1 aromatic rings. The van der Waals surface area contributed by atoms with Gasteiger partial charge in [-0.3, -0.25) is 5.41 Å². The molecular weight excluding hydrogens is 303 g/mol. The van der Waals surface area contributed by atoms with Gasteiger partial charge in [-0.25, -0.2) is 4.79 Å². The van der Waals surface area contributed by atoms with Gasteiger partial charge < -0.3 is 14.8 Å². The monoisotopic (exact) mass is 319 g/mol. The molecule has 0 aliphatic heterocycles. The number of alkyl halides is 3. The van der Waals surface area contributed by atoms with Gasteiger partial charge in [-0.2, -0.15) is 13.2 Å². The van der Waals surface area contributed by atoms with Crippen molar-refractivity contribution in [1.29, 1.82) is 5.41 Å². The molecule has 6 nitrogen and oxygen atoms in total. The largest absolute Gasteiger partial charge is 0.490 e. The fourth-order valence-electron chi connectivity index (χ4n) is 0.889.